The number of likely N-dealkylation sites (tertiary alicyclic amines) is 1. The van der Waals surface area contributed by atoms with E-state index in [1.54, 1.807) is 6.20 Å². The third-order valence-corrected chi connectivity index (χ3v) is 6.56. The van der Waals surface area contributed by atoms with E-state index in [2.05, 4.69) is 22.2 Å². The second-order valence-electron chi connectivity index (χ2n) is 9.35. The van der Waals surface area contributed by atoms with Crippen LogP contribution in [0.15, 0.2) is 40.9 Å². The molecule has 0 saturated carbocycles. The zero-order valence-corrected chi connectivity index (χ0v) is 20.2. The number of benzene rings is 1. The summed E-state index contributed by atoms with van der Waals surface area (Å²) < 4.78 is 6.07. The maximum Gasteiger partial charge on any atom is 0.220 e. The standard InChI is InChI=1S/C27H39N3O3/c1-3-23(31)14-8-5-9-15-24(27-28-19-25(33-27)22-12-6-4-7-13-22)29-26(32)17-16-21-11-10-18-30(2)20-21/h4,6-7,12-13,19,21,24H,3,5,8-11,14-18,20H2,1-2H3,(H,29,32). The fraction of sp³-hybridized carbons (Fsp3) is 0.593. The van der Waals surface area contributed by atoms with Gasteiger partial charge in [-0.05, 0) is 51.6 Å². The first-order valence-corrected chi connectivity index (χ1v) is 12.6. The highest BCUT2D eigenvalue weighted by atomic mass is 16.4. The SMILES string of the molecule is CCC(=O)CCCCCC(NC(=O)CCC1CCCN(C)C1)c1ncc(-c2ccccc2)o1. The molecule has 1 fully saturated rings. The van der Waals surface area contributed by atoms with Gasteiger partial charge < -0.3 is 14.6 Å². The van der Waals surface area contributed by atoms with Crippen molar-refractivity contribution in [3.63, 3.8) is 0 Å². The Morgan fingerprint density at radius 3 is 2.76 bits per heavy atom. The average molecular weight is 454 g/mol. The van der Waals surface area contributed by atoms with Gasteiger partial charge in [-0.1, -0.05) is 50.1 Å². The fourth-order valence-electron chi connectivity index (χ4n) is 4.58. The lowest BCUT2D eigenvalue weighted by atomic mass is 9.93. The first-order valence-electron chi connectivity index (χ1n) is 12.6. The Bertz CT molecular complexity index is 865. The van der Waals surface area contributed by atoms with Crippen LogP contribution in [-0.2, 0) is 9.59 Å². The monoisotopic (exact) mass is 453 g/mol. The molecule has 0 radical (unpaired) electrons. The lowest BCUT2D eigenvalue weighted by Crippen LogP contribution is -2.33. The minimum Gasteiger partial charge on any atom is -0.438 e. The summed E-state index contributed by atoms with van der Waals surface area (Å²) in [7, 11) is 2.16. The van der Waals surface area contributed by atoms with E-state index in [9.17, 15) is 9.59 Å². The minimum atomic E-state index is -0.245. The van der Waals surface area contributed by atoms with Gasteiger partial charge in [-0.2, -0.15) is 0 Å². The number of aromatic nitrogens is 1. The quantitative estimate of drug-likeness (QED) is 0.402. The Labute approximate surface area is 198 Å². The highest BCUT2D eigenvalue weighted by molar-refractivity contribution is 5.78. The van der Waals surface area contributed by atoms with Crippen molar-refractivity contribution < 1.29 is 14.0 Å². The van der Waals surface area contributed by atoms with E-state index in [0.29, 0.717) is 42.6 Å². The summed E-state index contributed by atoms with van der Waals surface area (Å²) in [6.45, 7) is 4.14. The smallest absolute Gasteiger partial charge is 0.220 e. The number of rotatable bonds is 13. The van der Waals surface area contributed by atoms with E-state index in [1.807, 2.05) is 37.3 Å². The van der Waals surface area contributed by atoms with Crippen LogP contribution in [0.3, 0.4) is 0 Å². The Kier molecular flexibility index (Phi) is 10.1. The van der Waals surface area contributed by atoms with Gasteiger partial charge in [0.15, 0.2) is 5.76 Å². The molecule has 1 aliphatic heterocycles. The van der Waals surface area contributed by atoms with Gasteiger partial charge in [0, 0.05) is 31.4 Å². The van der Waals surface area contributed by atoms with E-state index in [1.165, 1.54) is 12.8 Å². The number of ketones is 1. The van der Waals surface area contributed by atoms with Crippen LogP contribution in [0.4, 0.5) is 0 Å². The normalized spacial score (nSPS) is 17.6. The van der Waals surface area contributed by atoms with Crippen molar-refractivity contribution in [1.82, 2.24) is 15.2 Å². The molecule has 2 heterocycles. The maximum atomic E-state index is 12.8. The average Bonchev–Trinajstić information content (AvgIpc) is 3.32. The van der Waals surface area contributed by atoms with Gasteiger partial charge in [0.05, 0.1) is 6.20 Å². The van der Waals surface area contributed by atoms with Gasteiger partial charge in [-0.3, -0.25) is 9.59 Å². The van der Waals surface area contributed by atoms with Gasteiger partial charge >= 0.3 is 0 Å². The molecule has 2 atom stereocenters. The predicted molar refractivity (Wildman–Crippen MR) is 131 cm³/mol. The molecule has 2 aromatic rings. The van der Waals surface area contributed by atoms with Crippen molar-refractivity contribution in [3.8, 4) is 11.3 Å². The number of unbranched alkanes of at least 4 members (excludes halogenated alkanes) is 2. The van der Waals surface area contributed by atoms with Crippen molar-refractivity contribution in [2.24, 2.45) is 5.92 Å². The van der Waals surface area contributed by atoms with Crippen LogP contribution >= 0.6 is 0 Å². The number of carbonyl (C=O) groups excluding carboxylic acids is 2. The Morgan fingerprint density at radius 1 is 1.18 bits per heavy atom. The molecule has 33 heavy (non-hydrogen) atoms. The van der Waals surface area contributed by atoms with Crippen LogP contribution in [0.2, 0.25) is 0 Å². The molecule has 6 heteroatoms. The molecule has 1 aromatic carbocycles. The molecule has 1 N–H and O–H groups in total. The molecule has 3 rings (SSSR count). The van der Waals surface area contributed by atoms with Gasteiger partial charge in [-0.25, -0.2) is 4.98 Å². The Hall–Kier alpha value is -2.47. The van der Waals surface area contributed by atoms with Crippen LogP contribution in [0.5, 0.6) is 0 Å². The highest BCUT2D eigenvalue weighted by Gasteiger charge is 2.22. The maximum absolute atomic E-state index is 12.8. The summed E-state index contributed by atoms with van der Waals surface area (Å²) in [5.41, 5.74) is 0.973. The number of nitrogens with zero attached hydrogens (tertiary/aromatic N) is 2. The summed E-state index contributed by atoms with van der Waals surface area (Å²) in [4.78, 5) is 31.2. The highest BCUT2D eigenvalue weighted by Crippen LogP contribution is 2.26. The third-order valence-electron chi connectivity index (χ3n) is 6.56. The van der Waals surface area contributed by atoms with Crippen molar-refractivity contribution in [3.05, 3.63) is 42.4 Å². The first-order chi connectivity index (χ1) is 16.0. The molecule has 0 aliphatic carbocycles. The van der Waals surface area contributed by atoms with E-state index in [-0.39, 0.29) is 11.9 Å². The molecule has 180 valence electrons. The van der Waals surface area contributed by atoms with Crippen LogP contribution in [0.25, 0.3) is 11.3 Å². The molecule has 1 aromatic heterocycles. The second-order valence-corrected chi connectivity index (χ2v) is 9.35. The largest absolute Gasteiger partial charge is 0.438 e. The zero-order chi connectivity index (χ0) is 23.5. The van der Waals surface area contributed by atoms with Gasteiger partial charge in [0.25, 0.3) is 0 Å². The minimum absolute atomic E-state index is 0.0637. The van der Waals surface area contributed by atoms with Gasteiger partial charge in [0.1, 0.15) is 11.8 Å². The number of oxazole rings is 1. The molecular formula is C27H39N3O3. The van der Waals surface area contributed by atoms with Crippen LogP contribution < -0.4 is 5.32 Å². The van der Waals surface area contributed by atoms with E-state index >= 15 is 0 Å². The first kappa shape index (κ1) is 25.2. The summed E-state index contributed by atoms with van der Waals surface area (Å²) in [5, 5.41) is 3.18. The zero-order valence-electron chi connectivity index (χ0n) is 20.2. The number of carbonyl (C=O) groups is 2. The topological polar surface area (TPSA) is 75.4 Å². The molecule has 1 amide bonds. The van der Waals surface area contributed by atoms with E-state index < -0.39 is 0 Å². The van der Waals surface area contributed by atoms with Crippen LogP contribution in [0, 0.1) is 5.92 Å². The van der Waals surface area contributed by atoms with Gasteiger partial charge in [0.2, 0.25) is 11.8 Å². The number of hydrogen-bond donors (Lipinski definition) is 1. The lowest BCUT2D eigenvalue weighted by molar-refractivity contribution is -0.122. The molecule has 6 nitrogen and oxygen atoms in total. The predicted octanol–water partition coefficient (Wildman–Crippen LogP) is 5.55. The van der Waals surface area contributed by atoms with E-state index in [0.717, 1.165) is 50.8 Å². The number of piperidine rings is 1. The van der Waals surface area contributed by atoms with Crippen LogP contribution in [-0.4, -0.2) is 41.7 Å². The molecular weight excluding hydrogens is 414 g/mol. The summed E-state index contributed by atoms with van der Waals surface area (Å²) in [6.07, 6.45) is 10.4. The lowest BCUT2D eigenvalue weighted by Gasteiger charge is -2.29. The summed E-state index contributed by atoms with van der Waals surface area (Å²) in [5.74, 6) is 2.24. The van der Waals surface area contributed by atoms with Crippen LogP contribution in [0.1, 0.15) is 83.1 Å². The molecule has 2 unspecified atom stereocenters. The number of Topliss-reactive ketones (excluding diaryl/α,β-unsaturated/α-hetero) is 1. The van der Waals surface area contributed by atoms with Crippen molar-refractivity contribution in [2.45, 2.75) is 77.2 Å². The Morgan fingerprint density at radius 2 is 2.00 bits per heavy atom. The number of nitrogens with one attached hydrogen (secondary N) is 1. The van der Waals surface area contributed by atoms with Crippen molar-refractivity contribution >= 4 is 11.7 Å². The summed E-state index contributed by atoms with van der Waals surface area (Å²) >= 11 is 0. The fourth-order valence-corrected chi connectivity index (χ4v) is 4.58. The third kappa shape index (κ3) is 8.43. The molecule has 0 bridgehead atoms. The second kappa shape index (κ2) is 13.3. The molecule has 0 spiro atoms. The molecule has 1 saturated heterocycles. The molecule has 1 aliphatic rings. The van der Waals surface area contributed by atoms with Gasteiger partial charge in [-0.15, -0.1) is 0 Å². The summed E-state index contributed by atoms with van der Waals surface area (Å²) in [6, 6.07) is 9.64. The number of hydrogen-bond acceptors (Lipinski definition) is 5. The van der Waals surface area contributed by atoms with E-state index in [4.69, 9.17) is 4.42 Å². The number of amides is 1. The van der Waals surface area contributed by atoms with Crippen molar-refractivity contribution in [1.29, 1.82) is 0 Å². The Balaban J connectivity index is 1.57. The van der Waals surface area contributed by atoms with Crippen molar-refractivity contribution in [2.75, 3.05) is 20.1 Å².